The highest BCUT2D eigenvalue weighted by molar-refractivity contribution is 7.92. The first-order chi connectivity index (χ1) is 14.1. The first kappa shape index (κ1) is 21.3. The molecule has 0 atom stereocenters. The monoisotopic (exact) mass is 439 g/mol. The van der Waals surface area contributed by atoms with Crippen LogP contribution in [0.25, 0.3) is 0 Å². The summed E-state index contributed by atoms with van der Waals surface area (Å²) in [5, 5.41) is 8.23. The van der Waals surface area contributed by atoms with E-state index in [2.05, 4.69) is 20.5 Å². The lowest BCUT2D eigenvalue weighted by atomic mass is 10.2. The molecule has 1 heterocycles. The van der Waals surface area contributed by atoms with Crippen molar-refractivity contribution >= 4 is 27.6 Å². The van der Waals surface area contributed by atoms with Gasteiger partial charge in [0, 0.05) is 0 Å². The third kappa shape index (κ3) is 4.76. The van der Waals surface area contributed by atoms with E-state index in [4.69, 9.17) is 0 Å². The third-order valence-electron chi connectivity index (χ3n) is 4.03. The molecule has 2 aromatic carbocycles. The average molecular weight is 439 g/mol. The number of anilines is 2. The topological polar surface area (TPSA) is 108 Å². The van der Waals surface area contributed by atoms with Crippen molar-refractivity contribution in [3.63, 3.8) is 0 Å². The largest absolute Gasteiger partial charge is 0.416 e. The van der Waals surface area contributed by atoms with E-state index in [-0.39, 0.29) is 16.5 Å². The van der Waals surface area contributed by atoms with Crippen molar-refractivity contribution in [2.45, 2.75) is 18.0 Å². The molecule has 158 valence electrons. The van der Waals surface area contributed by atoms with Crippen LogP contribution in [-0.4, -0.2) is 36.1 Å². The number of rotatable bonds is 6. The second-order valence-electron chi connectivity index (χ2n) is 6.26. The molecule has 3 rings (SSSR count). The van der Waals surface area contributed by atoms with Crippen LogP contribution in [0.1, 0.15) is 11.1 Å². The molecular formula is C18H16F3N5O3S. The van der Waals surface area contributed by atoms with Crippen LogP contribution >= 0.6 is 0 Å². The number of halogens is 3. The van der Waals surface area contributed by atoms with Gasteiger partial charge in [0.2, 0.25) is 11.9 Å². The molecule has 0 fully saturated rings. The van der Waals surface area contributed by atoms with Crippen LogP contribution in [0.2, 0.25) is 0 Å². The van der Waals surface area contributed by atoms with Crippen molar-refractivity contribution in [2.24, 2.45) is 0 Å². The Hall–Kier alpha value is -3.41. The molecule has 3 aromatic rings. The maximum atomic E-state index is 13.2. The molecule has 30 heavy (non-hydrogen) atoms. The van der Waals surface area contributed by atoms with Crippen molar-refractivity contribution < 1.29 is 26.4 Å². The number of carbonyl (C=O) groups excluding carboxylic acids is 1. The van der Waals surface area contributed by atoms with E-state index < -0.39 is 34.2 Å². The summed E-state index contributed by atoms with van der Waals surface area (Å²) in [4.78, 5) is 15.9. The minimum absolute atomic E-state index is 0.0308. The number of hydrogen-bond acceptors (Lipinski definition) is 5. The van der Waals surface area contributed by atoms with Gasteiger partial charge in [0.25, 0.3) is 10.0 Å². The van der Waals surface area contributed by atoms with Gasteiger partial charge in [-0.3, -0.25) is 14.4 Å². The van der Waals surface area contributed by atoms with Crippen LogP contribution < -0.4 is 9.62 Å². The predicted molar refractivity (Wildman–Crippen MR) is 102 cm³/mol. The zero-order valence-corrected chi connectivity index (χ0v) is 16.3. The van der Waals surface area contributed by atoms with Gasteiger partial charge in [-0.15, -0.1) is 0 Å². The lowest BCUT2D eigenvalue weighted by Crippen LogP contribution is -2.38. The fourth-order valence-electron chi connectivity index (χ4n) is 2.56. The number of aryl methyl sites for hydroxylation is 1. The Labute approximate surface area is 169 Å². The normalized spacial score (nSPS) is 11.9. The Morgan fingerprint density at radius 2 is 1.87 bits per heavy atom. The summed E-state index contributed by atoms with van der Waals surface area (Å²) < 4.78 is 66.4. The van der Waals surface area contributed by atoms with Gasteiger partial charge in [0.15, 0.2) is 0 Å². The molecule has 0 aliphatic carbocycles. The molecule has 1 aromatic heterocycles. The van der Waals surface area contributed by atoms with Gasteiger partial charge < -0.3 is 0 Å². The fraction of sp³-hybridized carbons (Fsp3) is 0.167. The molecule has 0 aliphatic heterocycles. The smallest absolute Gasteiger partial charge is 0.293 e. The lowest BCUT2D eigenvalue weighted by molar-refractivity contribution is -0.137. The molecule has 2 N–H and O–H groups in total. The molecule has 0 bridgehead atoms. The molecule has 0 radical (unpaired) electrons. The third-order valence-corrected chi connectivity index (χ3v) is 5.82. The summed E-state index contributed by atoms with van der Waals surface area (Å²) >= 11 is 0. The Bertz CT molecular complexity index is 1130. The van der Waals surface area contributed by atoms with E-state index in [9.17, 15) is 26.4 Å². The summed E-state index contributed by atoms with van der Waals surface area (Å²) in [6.07, 6.45) is -3.55. The Morgan fingerprint density at radius 3 is 2.47 bits per heavy atom. The van der Waals surface area contributed by atoms with Gasteiger partial charge in [-0.05, 0) is 37.3 Å². The van der Waals surface area contributed by atoms with Gasteiger partial charge >= 0.3 is 6.18 Å². The van der Waals surface area contributed by atoms with Crippen LogP contribution in [0, 0.1) is 6.92 Å². The van der Waals surface area contributed by atoms with Crippen LogP contribution in [0.4, 0.5) is 24.8 Å². The van der Waals surface area contributed by atoms with Gasteiger partial charge in [0.05, 0.1) is 16.1 Å². The van der Waals surface area contributed by atoms with Crippen molar-refractivity contribution in [2.75, 3.05) is 16.2 Å². The fourth-order valence-corrected chi connectivity index (χ4v) is 3.97. The second-order valence-corrected chi connectivity index (χ2v) is 8.12. The molecule has 8 nitrogen and oxygen atoms in total. The number of sulfonamides is 1. The maximum absolute atomic E-state index is 13.2. The molecule has 12 heteroatoms. The second kappa shape index (κ2) is 8.14. The summed E-state index contributed by atoms with van der Waals surface area (Å²) in [6.45, 7) is 0.976. The minimum Gasteiger partial charge on any atom is -0.293 e. The summed E-state index contributed by atoms with van der Waals surface area (Å²) in [6, 6.07) is 9.48. The molecule has 0 saturated heterocycles. The van der Waals surface area contributed by atoms with Crippen LogP contribution in [0.3, 0.4) is 0 Å². The van der Waals surface area contributed by atoms with E-state index in [1.165, 1.54) is 18.2 Å². The molecule has 0 saturated carbocycles. The van der Waals surface area contributed by atoms with E-state index in [1.807, 2.05) is 0 Å². The van der Waals surface area contributed by atoms with Crippen molar-refractivity contribution in [3.8, 4) is 0 Å². The lowest BCUT2D eigenvalue weighted by Gasteiger charge is -2.24. The van der Waals surface area contributed by atoms with E-state index in [0.29, 0.717) is 10.4 Å². The molecule has 0 aliphatic rings. The minimum atomic E-state index is -4.68. The van der Waals surface area contributed by atoms with Gasteiger partial charge in [-0.1, -0.05) is 23.8 Å². The van der Waals surface area contributed by atoms with Crippen LogP contribution in [0.5, 0.6) is 0 Å². The Kier molecular flexibility index (Phi) is 5.78. The van der Waals surface area contributed by atoms with E-state index in [1.54, 1.807) is 19.1 Å². The Balaban J connectivity index is 2.02. The van der Waals surface area contributed by atoms with Gasteiger partial charge in [-0.2, -0.15) is 23.3 Å². The molecule has 0 spiro atoms. The van der Waals surface area contributed by atoms with E-state index in [0.717, 1.165) is 24.0 Å². The summed E-state index contributed by atoms with van der Waals surface area (Å²) in [5.74, 6) is -0.850. The maximum Gasteiger partial charge on any atom is 0.416 e. The van der Waals surface area contributed by atoms with Crippen molar-refractivity contribution in [1.82, 2.24) is 15.2 Å². The van der Waals surface area contributed by atoms with Crippen LogP contribution in [-0.2, 0) is 21.0 Å². The number of amides is 1. The number of hydrogen-bond donors (Lipinski definition) is 2. The number of benzene rings is 2. The average Bonchev–Trinajstić information content (AvgIpc) is 3.19. The highest BCUT2D eigenvalue weighted by Gasteiger charge is 2.33. The zero-order valence-electron chi connectivity index (χ0n) is 15.5. The highest BCUT2D eigenvalue weighted by atomic mass is 32.2. The van der Waals surface area contributed by atoms with E-state index >= 15 is 0 Å². The van der Waals surface area contributed by atoms with Crippen LogP contribution in [0.15, 0.2) is 59.8 Å². The highest BCUT2D eigenvalue weighted by Crippen LogP contribution is 2.33. The molecule has 1 amide bonds. The Morgan fingerprint density at radius 1 is 1.17 bits per heavy atom. The number of aromatic nitrogens is 3. The summed E-state index contributed by atoms with van der Waals surface area (Å²) in [5.41, 5.74) is -0.555. The van der Waals surface area contributed by atoms with Crippen molar-refractivity contribution in [3.05, 3.63) is 66.0 Å². The first-order valence-electron chi connectivity index (χ1n) is 8.49. The quantitative estimate of drug-likeness (QED) is 0.614. The molecular weight excluding hydrogens is 423 g/mol. The van der Waals surface area contributed by atoms with Crippen molar-refractivity contribution in [1.29, 1.82) is 0 Å². The number of aromatic amines is 1. The van der Waals surface area contributed by atoms with Gasteiger partial charge in [0.1, 0.15) is 12.9 Å². The number of H-pyrrole nitrogens is 1. The number of nitrogens with one attached hydrogen (secondary N) is 2. The molecule has 0 unspecified atom stereocenters. The SMILES string of the molecule is Cc1ccc(S(=O)(=O)N(CC(=O)Nc2ncn[nH]2)c2cccc(C(F)(F)F)c2)cc1. The first-order valence-corrected chi connectivity index (χ1v) is 9.93. The standard InChI is InChI=1S/C18H16F3N5O3S/c1-12-5-7-15(8-6-12)30(28,29)26(10-16(27)24-17-22-11-23-25-17)14-4-2-3-13(9-14)18(19,20)21/h2-9,11H,10H2,1H3,(H2,22,23,24,25,27). The number of nitrogens with zero attached hydrogens (tertiary/aromatic N) is 3. The van der Waals surface area contributed by atoms with Gasteiger partial charge in [-0.25, -0.2) is 13.5 Å². The zero-order chi connectivity index (χ0) is 21.9. The number of carbonyl (C=O) groups is 1. The predicted octanol–water partition coefficient (Wildman–Crippen LogP) is 2.97. The summed E-state index contributed by atoms with van der Waals surface area (Å²) in [7, 11) is -4.35. The number of alkyl halides is 3.